The Morgan fingerprint density at radius 1 is 1.17 bits per heavy atom. The molecule has 0 atom stereocenters. The minimum absolute atomic E-state index is 0.222. The van der Waals surface area contributed by atoms with Crippen LogP contribution in [0, 0.1) is 13.8 Å². The van der Waals surface area contributed by atoms with E-state index in [1.54, 1.807) is 31.3 Å². The lowest BCUT2D eigenvalue weighted by atomic mass is 10.2. The van der Waals surface area contributed by atoms with Gasteiger partial charge in [-0.1, -0.05) is 37.6 Å². The van der Waals surface area contributed by atoms with Gasteiger partial charge in [0.15, 0.2) is 0 Å². The molecule has 0 aliphatic carbocycles. The molecule has 3 aromatic rings. The average Bonchev–Trinajstić information content (AvgIpc) is 2.74. The number of aromatic nitrogens is 2. The van der Waals surface area contributed by atoms with E-state index in [9.17, 15) is 4.79 Å². The predicted octanol–water partition coefficient (Wildman–Crippen LogP) is 6.43. The highest BCUT2D eigenvalue weighted by Gasteiger charge is 2.05. The molecule has 0 fully saturated rings. The van der Waals surface area contributed by atoms with Gasteiger partial charge >= 0.3 is 5.97 Å². The standard InChI is InChI=1S/C7H5ClO3.C6H7BrNO.C6H6BrN.C2H6/c8-6-3-1-2-5(4-6)7(9)11-10;1-5-2-3-6(7)8(9)4-5;1-5-2-3-6(7)8-4-5;1-2/h1-4,10H;2-4,9H,1H3;2-4H,1H3;1-2H3/q;+1;;/i;;;1D. The molecular formula is C21H24Br2ClN2O4+. The molecule has 6 nitrogen and oxygen atoms in total. The second kappa shape index (κ2) is 15.8. The van der Waals surface area contributed by atoms with Crippen molar-refractivity contribution < 1.29 is 26.2 Å². The highest BCUT2D eigenvalue weighted by molar-refractivity contribution is 9.10. The quantitative estimate of drug-likeness (QED) is 0.117. The minimum Gasteiger partial charge on any atom is -0.296 e. The zero-order valence-electron chi connectivity index (χ0n) is 17.7. The third-order valence-electron chi connectivity index (χ3n) is 3.05. The van der Waals surface area contributed by atoms with Crippen LogP contribution in [0.4, 0.5) is 0 Å². The van der Waals surface area contributed by atoms with Crippen LogP contribution in [0.15, 0.2) is 70.1 Å². The molecule has 0 saturated heterocycles. The van der Waals surface area contributed by atoms with Crippen LogP contribution in [-0.2, 0) is 4.89 Å². The van der Waals surface area contributed by atoms with Crippen molar-refractivity contribution in [3.63, 3.8) is 0 Å². The van der Waals surface area contributed by atoms with Crippen LogP contribution in [0.25, 0.3) is 0 Å². The van der Waals surface area contributed by atoms with Gasteiger partial charge in [-0.25, -0.2) is 9.78 Å². The van der Waals surface area contributed by atoms with Crippen molar-refractivity contribution in [3.8, 4) is 0 Å². The largest absolute Gasteiger partial charge is 0.372 e. The van der Waals surface area contributed by atoms with Gasteiger partial charge in [-0.05, 0) is 65.7 Å². The summed E-state index contributed by atoms with van der Waals surface area (Å²) >= 11 is 11.9. The maximum atomic E-state index is 10.6. The first-order chi connectivity index (χ1) is 14.6. The smallest absolute Gasteiger partial charge is 0.296 e. The summed E-state index contributed by atoms with van der Waals surface area (Å²) in [5.74, 6) is -0.813. The molecule has 3 rings (SSSR count). The molecule has 0 radical (unpaired) electrons. The SMILES string of the molecule is Cc1ccc(Br)[n+](O)c1.Cc1ccc(Br)nc1.O=C(OO)c1cccc(Cl)c1.[2H]CC. The van der Waals surface area contributed by atoms with E-state index < -0.39 is 5.97 Å². The van der Waals surface area contributed by atoms with Gasteiger partial charge in [-0.2, -0.15) is 5.26 Å². The summed E-state index contributed by atoms with van der Waals surface area (Å²) < 4.78 is 8.80. The lowest BCUT2D eigenvalue weighted by Gasteiger charge is -1.95. The van der Waals surface area contributed by atoms with E-state index in [1.807, 2.05) is 38.2 Å². The zero-order valence-corrected chi connectivity index (χ0v) is 20.6. The maximum absolute atomic E-state index is 10.6. The minimum atomic E-state index is -0.813. The number of carbonyl (C=O) groups is 1. The summed E-state index contributed by atoms with van der Waals surface area (Å²) in [6, 6.07) is 13.7. The van der Waals surface area contributed by atoms with Crippen LogP contribution in [0.2, 0.25) is 5.02 Å². The number of halogens is 3. The van der Waals surface area contributed by atoms with E-state index in [0.29, 0.717) is 16.5 Å². The highest BCUT2D eigenvalue weighted by atomic mass is 79.9. The molecule has 2 N–H and O–H groups in total. The van der Waals surface area contributed by atoms with Crippen molar-refractivity contribution in [2.75, 3.05) is 0 Å². The summed E-state index contributed by atoms with van der Waals surface area (Å²) in [4.78, 5) is 18.1. The Labute approximate surface area is 199 Å². The van der Waals surface area contributed by atoms with Gasteiger partial charge in [0, 0.05) is 44.9 Å². The second-order valence-corrected chi connectivity index (χ2v) is 7.48. The number of aryl methyl sites for hydroxylation is 2. The van der Waals surface area contributed by atoms with Gasteiger partial charge in [0.25, 0.3) is 4.60 Å². The molecule has 0 amide bonds. The molecule has 0 unspecified atom stereocenters. The van der Waals surface area contributed by atoms with Crippen LogP contribution in [0.3, 0.4) is 0 Å². The molecule has 2 aromatic heterocycles. The first-order valence-electron chi connectivity index (χ1n) is 9.21. The van der Waals surface area contributed by atoms with E-state index in [1.165, 1.54) is 17.7 Å². The summed E-state index contributed by atoms with van der Waals surface area (Å²) in [7, 11) is 0. The second-order valence-electron chi connectivity index (χ2n) is 5.42. The summed E-state index contributed by atoms with van der Waals surface area (Å²) in [6.07, 6.45) is 3.45. The van der Waals surface area contributed by atoms with Crippen LogP contribution in [-0.4, -0.2) is 21.4 Å². The van der Waals surface area contributed by atoms with Crippen LogP contribution in [0.1, 0.15) is 36.7 Å². The molecule has 0 aliphatic rings. The van der Waals surface area contributed by atoms with Crippen LogP contribution in [0.5, 0.6) is 0 Å². The number of hydrogen-bond acceptors (Lipinski definition) is 5. The van der Waals surface area contributed by atoms with Crippen molar-refractivity contribution in [1.29, 1.82) is 0 Å². The molecule has 0 spiro atoms. The third kappa shape index (κ3) is 11.9. The van der Waals surface area contributed by atoms with Gasteiger partial charge < -0.3 is 0 Å². The van der Waals surface area contributed by atoms with E-state index in [-0.39, 0.29) is 5.56 Å². The number of nitrogens with zero attached hydrogens (tertiary/aromatic N) is 2. The zero-order chi connectivity index (χ0) is 23.8. The Balaban J connectivity index is 0.000000414. The average molecular weight is 565 g/mol. The van der Waals surface area contributed by atoms with E-state index in [4.69, 9.17) is 23.4 Å². The van der Waals surface area contributed by atoms with E-state index >= 15 is 0 Å². The Bertz CT molecular complexity index is 911. The maximum Gasteiger partial charge on any atom is 0.372 e. The number of carbonyl (C=O) groups excluding carboxylic acids is 1. The monoisotopic (exact) mass is 562 g/mol. The van der Waals surface area contributed by atoms with Crippen molar-refractivity contribution >= 4 is 49.4 Å². The highest BCUT2D eigenvalue weighted by Crippen LogP contribution is 2.10. The molecule has 1 aromatic carbocycles. The number of benzene rings is 1. The molecule has 162 valence electrons. The summed E-state index contributed by atoms with van der Waals surface area (Å²) in [5.41, 5.74) is 2.44. The van der Waals surface area contributed by atoms with Crippen LogP contribution < -0.4 is 4.73 Å². The summed E-state index contributed by atoms with van der Waals surface area (Å²) in [5, 5.41) is 17.4. The molecule has 9 heteroatoms. The lowest BCUT2D eigenvalue weighted by molar-refractivity contribution is -0.913. The molecule has 0 bridgehead atoms. The van der Waals surface area contributed by atoms with Gasteiger partial charge in [0.1, 0.15) is 4.60 Å². The number of pyridine rings is 2. The molecule has 30 heavy (non-hydrogen) atoms. The van der Waals surface area contributed by atoms with E-state index in [0.717, 1.165) is 14.9 Å². The molecule has 0 aliphatic heterocycles. The molecular weight excluding hydrogens is 540 g/mol. The fraction of sp³-hybridized carbons (Fsp3) is 0.190. The topological polar surface area (TPSA) is 83.5 Å². The first-order valence-corrected chi connectivity index (χ1v) is 10.5. The van der Waals surface area contributed by atoms with Crippen molar-refractivity contribution in [2.45, 2.75) is 27.7 Å². The van der Waals surface area contributed by atoms with Crippen molar-refractivity contribution in [1.82, 2.24) is 4.98 Å². The fourth-order valence-corrected chi connectivity index (χ4v) is 2.35. The Morgan fingerprint density at radius 2 is 1.80 bits per heavy atom. The summed E-state index contributed by atoms with van der Waals surface area (Å²) in [6.45, 7) is 6.22. The Hall–Kier alpha value is -2.00. The predicted molar refractivity (Wildman–Crippen MR) is 124 cm³/mol. The number of rotatable bonds is 1. The molecule has 0 saturated carbocycles. The normalized spacial score (nSPS) is 9.37. The number of hydrogen-bond donors (Lipinski definition) is 2. The fourth-order valence-electron chi connectivity index (χ4n) is 1.69. The van der Waals surface area contributed by atoms with Gasteiger partial charge in [0.05, 0.1) is 5.56 Å². The lowest BCUT2D eigenvalue weighted by Crippen LogP contribution is -2.31. The molecule has 2 heterocycles. The van der Waals surface area contributed by atoms with E-state index in [2.05, 4.69) is 41.7 Å². The third-order valence-corrected chi connectivity index (χ3v) is 4.38. The van der Waals surface area contributed by atoms with Crippen molar-refractivity contribution in [2.24, 2.45) is 0 Å². The van der Waals surface area contributed by atoms with Gasteiger partial charge in [-0.15, -0.1) is 0 Å². The Kier molecular flexibility index (Phi) is 13.7. The first kappa shape index (κ1) is 26.0. The van der Waals surface area contributed by atoms with Gasteiger partial charge in [-0.3, -0.25) is 10.1 Å². The van der Waals surface area contributed by atoms with Crippen molar-refractivity contribution in [3.05, 3.63) is 91.8 Å². The Morgan fingerprint density at radius 3 is 2.23 bits per heavy atom. The van der Waals surface area contributed by atoms with Gasteiger partial charge in [0.2, 0.25) is 6.20 Å². The van der Waals surface area contributed by atoms with Crippen LogP contribution >= 0.6 is 43.5 Å².